The number of hydrogen-bond donors (Lipinski definition) is 1. The van der Waals surface area contributed by atoms with Gasteiger partial charge in [-0.3, -0.25) is 10.1 Å². The van der Waals surface area contributed by atoms with E-state index in [1.807, 2.05) is 0 Å². The Morgan fingerprint density at radius 1 is 1.47 bits per heavy atom. The second-order valence-corrected chi connectivity index (χ2v) is 3.73. The molecule has 2 N–H and O–H groups in total. The Balaban J connectivity index is 2.51. The van der Waals surface area contributed by atoms with E-state index < -0.39 is 10.7 Å². The van der Waals surface area contributed by atoms with Gasteiger partial charge >= 0.3 is 5.69 Å². The van der Waals surface area contributed by atoms with Crippen LogP contribution in [0.5, 0.6) is 0 Å². The molecule has 0 atom stereocenters. The minimum atomic E-state index is -0.620. The van der Waals surface area contributed by atoms with E-state index in [0.717, 1.165) is 6.20 Å². The van der Waals surface area contributed by atoms with Crippen LogP contribution in [0.3, 0.4) is 0 Å². The fourth-order valence-corrected chi connectivity index (χ4v) is 1.56. The number of anilines is 3. The number of nitrogen functional groups attached to an aromatic ring is 1. The molecule has 0 aliphatic heterocycles. The van der Waals surface area contributed by atoms with Crippen molar-refractivity contribution in [2.45, 2.75) is 0 Å². The number of nitrogens with zero attached hydrogens (tertiary/aromatic N) is 4. The van der Waals surface area contributed by atoms with Crippen LogP contribution in [0, 0.1) is 15.9 Å². The van der Waals surface area contributed by atoms with Crippen molar-refractivity contribution < 1.29 is 9.31 Å². The third-order valence-electron chi connectivity index (χ3n) is 2.48. The first kappa shape index (κ1) is 12.7. The quantitative estimate of drug-likeness (QED) is 0.670. The zero-order valence-corrected chi connectivity index (χ0v) is 9.95. The molecule has 98 valence electrons. The molecule has 0 bridgehead atoms. The molecule has 0 radical (unpaired) electrons. The molecule has 2 aromatic rings. The molecule has 0 spiro atoms. The van der Waals surface area contributed by atoms with Crippen molar-refractivity contribution in [2.75, 3.05) is 17.7 Å². The van der Waals surface area contributed by atoms with Crippen LogP contribution < -0.4 is 10.6 Å². The van der Waals surface area contributed by atoms with Crippen LogP contribution in [0.25, 0.3) is 0 Å². The summed E-state index contributed by atoms with van der Waals surface area (Å²) in [4.78, 5) is 19.1. The number of nitro groups is 1. The number of halogens is 1. The third kappa shape index (κ3) is 2.57. The molecule has 0 fully saturated rings. The Labute approximate surface area is 107 Å². The van der Waals surface area contributed by atoms with Gasteiger partial charge in [0.2, 0.25) is 11.8 Å². The molecule has 0 saturated heterocycles. The van der Waals surface area contributed by atoms with Crippen molar-refractivity contribution in [3.8, 4) is 0 Å². The number of aromatic nitrogens is 2. The number of benzene rings is 1. The van der Waals surface area contributed by atoms with Crippen LogP contribution in [0.4, 0.5) is 27.5 Å². The zero-order chi connectivity index (χ0) is 14.0. The van der Waals surface area contributed by atoms with Gasteiger partial charge in [0.05, 0.1) is 4.92 Å². The maximum Gasteiger partial charge on any atom is 0.330 e. The molecule has 2 rings (SSSR count). The SMILES string of the molecule is CN(c1cccc(F)c1)c1nc(N)ncc1[N+](=O)[O-]. The van der Waals surface area contributed by atoms with Crippen molar-refractivity contribution in [1.29, 1.82) is 0 Å². The van der Waals surface area contributed by atoms with Gasteiger partial charge in [-0.05, 0) is 18.2 Å². The van der Waals surface area contributed by atoms with Gasteiger partial charge in [0.25, 0.3) is 0 Å². The van der Waals surface area contributed by atoms with Crippen LogP contribution in [-0.4, -0.2) is 21.9 Å². The smallest absolute Gasteiger partial charge is 0.330 e. The molecule has 19 heavy (non-hydrogen) atoms. The summed E-state index contributed by atoms with van der Waals surface area (Å²) in [5, 5.41) is 10.9. The molecule has 1 aromatic carbocycles. The Morgan fingerprint density at radius 3 is 2.84 bits per heavy atom. The Hall–Kier alpha value is -2.77. The van der Waals surface area contributed by atoms with Gasteiger partial charge in [-0.25, -0.2) is 9.37 Å². The lowest BCUT2D eigenvalue weighted by Gasteiger charge is -2.17. The molecular formula is C11H10FN5O2. The number of rotatable bonds is 3. The van der Waals surface area contributed by atoms with Crippen LogP contribution in [-0.2, 0) is 0 Å². The monoisotopic (exact) mass is 263 g/mol. The topological polar surface area (TPSA) is 98.2 Å². The van der Waals surface area contributed by atoms with Crippen molar-refractivity contribution in [2.24, 2.45) is 0 Å². The predicted octanol–water partition coefficient (Wildman–Crippen LogP) is 1.87. The summed E-state index contributed by atoms with van der Waals surface area (Å²) in [6.07, 6.45) is 1.02. The second kappa shape index (κ2) is 4.84. The molecule has 0 amide bonds. The zero-order valence-electron chi connectivity index (χ0n) is 9.95. The van der Waals surface area contributed by atoms with Gasteiger partial charge in [0.15, 0.2) is 0 Å². The van der Waals surface area contributed by atoms with Gasteiger partial charge in [-0.1, -0.05) is 6.07 Å². The van der Waals surface area contributed by atoms with Crippen LogP contribution >= 0.6 is 0 Å². The first-order valence-electron chi connectivity index (χ1n) is 5.25. The highest BCUT2D eigenvalue weighted by Gasteiger charge is 2.21. The molecule has 1 aromatic heterocycles. The van der Waals surface area contributed by atoms with Crippen LogP contribution in [0.1, 0.15) is 0 Å². The van der Waals surface area contributed by atoms with E-state index in [1.165, 1.54) is 30.1 Å². The Bertz CT molecular complexity index is 634. The maximum atomic E-state index is 13.2. The average molecular weight is 263 g/mol. The standard InChI is InChI=1S/C11H10FN5O2/c1-16(8-4-2-3-7(12)5-8)10-9(17(18)19)6-14-11(13)15-10/h2-6H,1H3,(H2,13,14,15). The lowest BCUT2D eigenvalue weighted by Crippen LogP contribution is -2.15. The molecule has 8 heteroatoms. The van der Waals surface area contributed by atoms with Gasteiger partial charge in [-0.2, -0.15) is 4.98 Å². The van der Waals surface area contributed by atoms with Crippen LogP contribution in [0.15, 0.2) is 30.5 Å². The summed E-state index contributed by atoms with van der Waals surface area (Å²) < 4.78 is 13.2. The first-order valence-corrected chi connectivity index (χ1v) is 5.25. The molecule has 7 nitrogen and oxygen atoms in total. The predicted molar refractivity (Wildman–Crippen MR) is 67.6 cm³/mol. The van der Waals surface area contributed by atoms with Crippen molar-refractivity contribution in [1.82, 2.24) is 9.97 Å². The lowest BCUT2D eigenvalue weighted by molar-refractivity contribution is -0.384. The van der Waals surface area contributed by atoms with E-state index in [-0.39, 0.29) is 17.5 Å². The van der Waals surface area contributed by atoms with Crippen molar-refractivity contribution >= 4 is 23.1 Å². The van der Waals surface area contributed by atoms with E-state index >= 15 is 0 Å². The molecule has 0 aliphatic carbocycles. The molecule has 1 heterocycles. The van der Waals surface area contributed by atoms with Crippen molar-refractivity contribution in [3.63, 3.8) is 0 Å². The normalized spacial score (nSPS) is 10.2. The maximum absolute atomic E-state index is 13.2. The summed E-state index contributed by atoms with van der Waals surface area (Å²) in [6.45, 7) is 0. The minimum Gasteiger partial charge on any atom is -0.368 e. The van der Waals surface area contributed by atoms with Gasteiger partial charge < -0.3 is 10.6 Å². The van der Waals surface area contributed by atoms with Gasteiger partial charge in [-0.15, -0.1) is 0 Å². The van der Waals surface area contributed by atoms with Crippen molar-refractivity contribution in [3.05, 3.63) is 46.4 Å². The Morgan fingerprint density at radius 2 is 2.21 bits per heavy atom. The van der Waals surface area contributed by atoms with Crippen LogP contribution in [0.2, 0.25) is 0 Å². The summed E-state index contributed by atoms with van der Waals surface area (Å²) in [5.74, 6) is -0.541. The molecular weight excluding hydrogens is 253 g/mol. The second-order valence-electron chi connectivity index (χ2n) is 3.73. The highest BCUT2D eigenvalue weighted by Crippen LogP contribution is 2.30. The summed E-state index contributed by atoms with van der Waals surface area (Å²) in [5.41, 5.74) is 5.54. The van der Waals surface area contributed by atoms with Gasteiger partial charge in [0.1, 0.15) is 12.0 Å². The summed E-state index contributed by atoms with van der Waals surface area (Å²) >= 11 is 0. The molecule has 0 unspecified atom stereocenters. The Kier molecular flexibility index (Phi) is 3.23. The van der Waals surface area contributed by atoms with E-state index in [4.69, 9.17) is 5.73 Å². The first-order chi connectivity index (χ1) is 8.99. The fraction of sp³-hybridized carbons (Fsp3) is 0.0909. The van der Waals surface area contributed by atoms with E-state index in [9.17, 15) is 14.5 Å². The largest absolute Gasteiger partial charge is 0.368 e. The molecule has 0 aliphatic rings. The minimum absolute atomic E-state index is 0.00287. The number of hydrogen-bond acceptors (Lipinski definition) is 6. The molecule has 0 saturated carbocycles. The summed E-state index contributed by atoms with van der Waals surface area (Å²) in [6, 6.07) is 5.62. The van der Waals surface area contributed by atoms with Gasteiger partial charge in [0, 0.05) is 12.7 Å². The lowest BCUT2D eigenvalue weighted by atomic mass is 10.3. The highest BCUT2D eigenvalue weighted by molar-refractivity contribution is 5.67. The van der Waals surface area contributed by atoms with E-state index in [0.29, 0.717) is 5.69 Å². The highest BCUT2D eigenvalue weighted by atomic mass is 19.1. The van der Waals surface area contributed by atoms with E-state index in [1.54, 1.807) is 6.07 Å². The third-order valence-corrected chi connectivity index (χ3v) is 2.48. The summed E-state index contributed by atoms with van der Waals surface area (Å²) in [7, 11) is 1.53. The average Bonchev–Trinajstić information content (AvgIpc) is 2.37. The number of nitrogens with two attached hydrogens (primary N) is 1. The van der Waals surface area contributed by atoms with E-state index in [2.05, 4.69) is 9.97 Å². The fourth-order valence-electron chi connectivity index (χ4n) is 1.56.